The van der Waals surface area contributed by atoms with E-state index in [0.717, 1.165) is 103 Å². The van der Waals surface area contributed by atoms with Crippen LogP contribution in [0.4, 0.5) is 0 Å². The first kappa shape index (κ1) is 62.3. The van der Waals surface area contributed by atoms with Crippen LogP contribution in [-0.4, -0.2) is 85.3 Å². The summed E-state index contributed by atoms with van der Waals surface area (Å²) in [4.78, 5) is 42.5. The molecular weight excluding hydrogens is 797 g/mol. The Morgan fingerprint density at radius 1 is 0.312 bits per heavy atom. The fraction of sp³-hybridized carbons (Fsp3) is 0.946. The second kappa shape index (κ2) is 47.8. The van der Waals surface area contributed by atoms with Gasteiger partial charge in [0, 0.05) is 19.3 Å². The first-order chi connectivity index (χ1) is 31.3. The number of hydrogen-bond donors (Lipinski definition) is 0. The number of rotatable bonds is 50. The summed E-state index contributed by atoms with van der Waals surface area (Å²) in [7, 11) is 0. The predicted octanol–water partition coefficient (Wildman–Crippen LogP) is 15.9. The van der Waals surface area contributed by atoms with Crippen LogP contribution >= 0.6 is 0 Å². The predicted molar refractivity (Wildman–Crippen MR) is 273 cm³/mol. The highest BCUT2D eigenvalue weighted by molar-refractivity contribution is 5.70. The van der Waals surface area contributed by atoms with Gasteiger partial charge in [-0.05, 0) is 142 Å². The highest BCUT2D eigenvalue weighted by atomic mass is 16.6. The van der Waals surface area contributed by atoms with Crippen LogP contribution < -0.4 is 0 Å². The zero-order valence-corrected chi connectivity index (χ0v) is 44.0. The maximum atomic E-state index is 12.4. The molecule has 0 spiro atoms. The van der Waals surface area contributed by atoms with Crippen molar-refractivity contribution in [2.45, 2.75) is 304 Å². The van der Waals surface area contributed by atoms with Gasteiger partial charge in [-0.1, -0.05) is 164 Å². The van der Waals surface area contributed by atoms with Crippen molar-refractivity contribution in [1.29, 1.82) is 0 Å². The van der Waals surface area contributed by atoms with Crippen molar-refractivity contribution in [2.75, 3.05) is 39.3 Å². The number of ether oxygens (including phenoxy) is 3. The first-order valence-corrected chi connectivity index (χ1v) is 28.3. The molecule has 0 radical (unpaired) electrons. The van der Waals surface area contributed by atoms with Crippen molar-refractivity contribution >= 4 is 17.9 Å². The second-order valence-electron chi connectivity index (χ2n) is 19.3. The minimum atomic E-state index is -0.000477. The van der Waals surface area contributed by atoms with Crippen molar-refractivity contribution in [1.82, 2.24) is 9.80 Å². The fourth-order valence-corrected chi connectivity index (χ4v) is 8.86. The van der Waals surface area contributed by atoms with Crippen molar-refractivity contribution in [3.05, 3.63) is 0 Å². The molecule has 380 valence electrons. The average Bonchev–Trinajstić information content (AvgIpc) is 3.29. The maximum absolute atomic E-state index is 12.4. The fourth-order valence-electron chi connectivity index (χ4n) is 8.86. The van der Waals surface area contributed by atoms with Gasteiger partial charge in [0.2, 0.25) is 0 Å². The molecule has 3 atom stereocenters. The van der Waals surface area contributed by atoms with Crippen molar-refractivity contribution < 1.29 is 28.6 Å². The van der Waals surface area contributed by atoms with Gasteiger partial charge < -0.3 is 24.0 Å². The molecule has 0 fully saturated rings. The average molecular weight is 908 g/mol. The summed E-state index contributed by atoms with van der Waals surface area (Å²) in [5, 5.41) is 0. The van der Waals surface area contributed by atoms with Gasteiger partial charge in [-0.2, -0.15) is 0 Å². The summed E-state index contributed by atoms with van der Waals surface area (Å²) in [5.41, 5.74) is 0. The number of unbranched alkanes of at least 4 members (excludes halogenated alkanes) is 21. The monoisotopic (exact) mass is 907 g/mol. The zero-order chi connectivity index (χ0) is 47.1. The molecule has 0 aromatic heterocycles. The lowest BCUT2D eigenvalue weighted by Crippen LogP contribution is -2.32. The SMILES string of the molecule is CCCCCC(CC)OC(=O)CCCCCCCCN(CC)CCCN(CCCCCCCCC(=O)OC(CC)CCCCC)CCCCCCCCC(=O)OC(CC)CCCCC. The molecule has 0 bridgehead atoms. The normalized spacial score (nSPS) is 13.1. The number of hydrogen-bond acceptors (Lipinski definition) is 8. The van der Waals surface area contributed by atoms with E-state index in [-0.39, 0.29) is 36.2 Å². The summed E-state index contributed by atoms with van der Waals surface area (Å²) < 4.78 is 17.3. The third kappa shape index (κ3) is 40.6. The van der Waals surface area contributed by atoms with Crippen LogP contribution in [0.2, 0.25) is 0 Å². The summed E-state index contributed by atoms with van der Waals surface area (Å²) in [5.74, 6) is 0.000542. The molecule has 0 N–H and O–H groups in total. The van der Waals surface area contributed by atoms with Crippen LogP contribution in [-0.2, 0) is 28.6 Å². The van der Waals surface area contributed by atoms with Gasteiger partial charge in [-0.15, -0.1) is 0 Å². The topological polar surface area (TPSA) is 85.4 Å². The first-order valence-electron chi connectivity index (χ1n) is 28.3. The number of carbonyl (C=O) groups excluding carboxylic acids is 3. The summed E-state index contributed by atoms with van der Waals surface area (Å²) in [6, 6.07) is 0. The van der Waals surface area contributed by atoms with E-state index in [1.165, 1.54) is 155 Å². The van der Waals surface area contributed by atoms with Crippen LogP contribution in [0.5, 0.6) is 0 Å². The molecule has 8 nitrogen and oxygen atoms in total. The zero-order valence-electron chi connectivity index (χ0n) is 44.0. The van der Waals surface area contributed by atoms with Crippen LogP contribution in [0.15, 0.2) is 0 Å². The molecule has 0 saturated heterocycles. The Labute approximate surface area is 398 Å². The van der Waals surface area contributed by atoms with Gasteiger partial charge in [0.25, 0.3) is 0 Å². The maximum Gasteiger partial charge on any atom is 0.306 e. The van der Waals surface area contributed by atoms with E-state index < -0.39 is 0 Å². The Morgan fingerprint density at radius 3 is 0.875 bits per heavy atom. The Kier molecular flexibility index (Phi) is 46.6. The highest BCUT2D eigenvalue weighted by Crippen LogP contribution is 2.17. The quantitative estimate of drug-likeness (QED) is 0.0339. The van der Waals surface area contributed by atoms with Crippen LogP contribution in [0, 0.1) is 0 Å². The Hall–Kier alpha value is -1.67. The van der Waals surface area contributed by atoms with Gasteiger partial charge in [0.1, 0.15) is 18.3 Å². The van der Waals surface area contributed by atoms with E-state index in [1.807, 2.05) is 0 Å². The number of carbonyl (C=O) groups is 3. The third-order valence-corrected chi connectivity index (χ3v) is 13.4. The second-order valence-corrected chi connectivity index (χ2v) is 19.3. The van der Waals surface area contributed by atoms with E-state index in [4.69, 9.17) is 14.2 Å². The van der Waals surface area contributed by atoms with Gasteiger partial charge in [0.05, 0.1) is 0 Å². The van der Waals surface area contributed by atoms with Crippen molar-refractivity contribution in [3.63, 3.8) is 0 Å². The van der Waals surface area contributed by atoms with Crippen LogP contribution in [0.3, 0.4) is 0 Å². The van der Waals surface area contributed by atoms with Crippen LogP contribution in [0.25, 0.3) is 0 Å². The molecule has 0 amide bonds. The van der Waals surface area contributed by atoms with E-state index in [2.05, 4.69) is 58.3 Å². The molecular formula is C56H110N2O6. The standard InChI is InChI=1S/C56H110N2O6/c1-8-15-30-40-51(11-4)62-54(59)43-33-24-18-21-27-36-46-57(14-7)49-39-50-58(47-37-28-22-19-25-34-44-55(60)63-52(12-5)41-31-16-9-2)48-38-29-23-20-26-35-45-56(61)64-53(13-6)42-32-17-10-3/h51-53H,8-50H2,1-7H3. The molecule has 0 aliphatic carbocycles. The van der Waals surface area contributed by atoms with Crippen LogP contribution in [0.1, 0.15) is 286 Å². The molecule has 0 aromatic carbocycles. The van der Waals surface area contributed by atoms with Crippen molar-refractivity contribution in [3.8, 4) is 0 Å². The molecule has 64 heavy (non-hydrogen) atoms. The highest BCUT2D eigenvalue weighted by Gasteiger charge is 2.15. The molecule has 0 aliphatic heterocycles. The van der Waals surface area contributed by atoms with E-state index in [1.54, 1.807) is 0 Å². The molecule has 8 heteroatoms. The minimum Gasteiger partial charge on any atom is -0.462 e. The Morgan fingerprint density at radius 2 is 0.578 bits per heavy atom. The Bertz CT molecular complexity index is 977. The summed E-state index contributed by atoms with van der Waals surface area (Å²) in [6.07, 6.45) is 40.9. The van der Waals surface area contributed by atoms with Gasteiger partial charge in [-0.25, -0.2) is 0 Å². The number of nitrogens with zero attached hydrogens (tertiary/aromatic N) is 2. The lowest BCUT2D eigenvalue weighted by atomic mass is 10.1. The summed E-state index contributed by atoms with van der Waals surface area (Å²) in [6.45, 7) is 22.3. The molecule has 0 aliphatic rings. The smallest absolute Gasteiger partial charge is 0.306 e. The lowest BCUT2D eigenvalue weighted by molar-refractivity contribution is -0.150. The molecule has 0 aromatic rings. The summed E-state index contributed by atoms with van der Waals surface area (Å²) >= 11 is 0. The molecule has 3 unspecified atom stereocenters. The van der Waals surface area contributed by atoms with Gasteiger partial charge >= 0.3 is 17.9 Å². The minimum absolute atomic E-state index is 0.000477. The van der Waals surface area contributed by atoms with Crippen molar-refractivity contribution in [2.24, 2.45) is 0 Å². The molecule has 0 saturated carbocycles. The number of esters is 3. The third-order valence-electron chi connectivity index (χ3n) is 13.4. The molecule has 0 rings (SSSR count). The van der Waals surface area contributed by atoms with E-state index in [0.29, 0.717) is 19.3 Å². The van der Waals surface area contributed by atoms with Gasteiger partial charge in [-0.3, -0.25) is 14.4 Å². The lowest BCUT2D eigenvalue weighted by Gasteiger charge is -2.25. The molecule has 0 heterocycles. The van der Waals surface area contributed by atoms with E-state index >= 15 is 0 Å². The van der Waals surface area contributed by atoms with E-state index in [9.17, 15) is 14.4 Å². The van der Waals surface area contributed by atoms with Gasteiger partial charge in [0.15, 0.2) is 0 Å². The largest absolute Gasteiger partial charge is 0.462 e. The Balaban J connectivity index is 4.55.